The van der Waals surface area contributed by atoms with Crippen molar-refractivity contribution in [1.29, 1.82) is 5.26 Å². The lowest BCUT2D eigenvalue weighted by Gasteiger charge is -2.30. The van der Waals surface area contributed by atoms with Gasteiger partial charge in [0.25, 0.3) is 5.91 Å². The van der Waals surface area contributed by atoms with Crippen LogP contribution in [0.1, 0.15) is 58.6 Å². The summed E-state index contributed by atoms with van der Waals surface area (Å²) in [6, 6.07) is 13.9. The van der Waals surface area contributed by atoms with E-state index in [0.717, 1.165) is 33.4 Å². The molecule has 2 aromatic heterocycles. The van der Waals surface area contributed by atoms with Gasteiger partial charge >= 0.3 is 0 Å². The van der Waals surface area contributed by atoms with Gasteiger partial charge in [0.15, 0.2) is 0 Å². The maximum Gasteiger partial charge on any atom is 0.251 e. The van der Waals surface area contributed by atoms with Crippen molar-refractivity contribution in [2.45, 2.75) is 44.2 Å². The van der Waals surface area contributed by atoms with Crippen LogP contribution in [0.5, 0.6) is 0 Å². The van der Waals surface area contributed by atoms with Crippen molar-refractivity contribution in [3.05, 3.63) is 70.7 Å². The minimum atomic E-state index is -0.741. The number of pyridine rings is 2. The summed E-state index contributed by atoms with van der Waals surface area (Å²) in [5.41, 5.74) is 4.44. The summed E-state index contributed by atoms with van der Waals surface area (Å²) in [4.78, 5) is 22.0. The van der Waals surface area contributed by atoms with Crippen molar-refractivity contribution < 1.29 is 9.53 Å². The molecule has 0 radical (unpaired) electrons. The second-order valence-corrected chi connectivity index (χ2v) is 8.37. The molecular weight excluding hydrogens is 376 g/mol. The number of hydrogen-bond acceptors (Lipinski definition) is 5. The van der Waals surface area contributed by atoms with Crippen LogP contribution < -0.4 is 5.32 Å². The van der Waals surface area contributed by atoms with Crippen LogP contribution in [0.2, 0.25) is 0 Å². The maximum absolute atomic E-state index is 12.7. The quantitative estimate of drug-likeness (QED) is 0.723. The van der Waals surface area contributed by atoms with Crippen molar-refractivity contribution in [3.8, 4) is 6.07 Å². The van der Waals surface area contributed by atoms with E-state index >= 15 is 0 Å². The molecule has 30 heavy (non-hydrogen) atoms. The van der Waals surface area contributed by atoms with Crippen molar-refractivity contribution in [2.24, 2.45) is 0 Å². The molecule has 1 saturated carbocycles. The Morgan fingerprint density at radius 2 is 2.17 bits per heavy atom. The van der Waals surface area contributed by atoms with Gasteiger partial charge in [-0.1, -0.05) is 6.07 Å². The van der Waals surface area contributed by atoms with Gasteiger partial charge in [-0.3, -0.25) is 14.8 Å². The Labute approximate surface area is 174 Å². The molecule has 1 aromatic carbocycles. The second kappa shape index (κ2) is 7.19. The van der Waals surface area contributed by atoms with Crippen molar-refractivity contribution in [3.63, 3.8) is 0 Å². The van der Waals surface area contributed by atoms with E-state index in [0.29, 0.717) is 31.2 Å². The Kier molecular flexibility index (Phi) is 4.48. The number of fused-ring (bicyclic) bond motifs is 2. The molecule has 1 amide bonds. The molecule has 1 atom stereocenters. The average molecular weight is 398 g/mol. The fraction of sp³-hybridized carbons (Fsp3) is 0.333. The van der Waals surface area contributed by atoms with E-state index in [1.54, 1.807) is 12.3 Å². The standard InChI is InChI=1S/C24H22N4O2/c1-24(13-25)14-30-12-18-5-4-16(8-20(18)24)23(29)27-11-19-9-22-17(10-26-19)6-7-21(28-22)15-2-3-15/h4-10,15H,2-3,11-12,14H2,1H3,(H,27,29)/t24-/m1/s1. The lowest BCUT2D eigenvalue weighted by Crippen LogP contribution is -2.33. The number of amides is 1. The van der Waals surface area contributed by atoms with E-state index in [2.05, 4.69) is 28.5 Å². The first-order valence-electron chi connectivity index (χ1n) is 10.2. The summed E-state index contributed by atoms with van der Waals surface area (Å²) in [6.07, 6.45) is 4.23. The van der Waals surface area contributed by atoms with Crippen LogP contribution in [-0.4, -0.2) is 22.5 Å². The number of nitriles is 1. The largest absolute Gasteiger partial charge is 0.375 e. The van der Waals surface area contributed by atoms with E-state index in [9.17, 15) is 10.1 Å². The zero-order chi connectivity index (χ0) is 20.7. The number of hydrogen-bond donors (Lipinski definition) is 1. The summed E-state index contributed by atoms with van der Waals surface area (Å²) in [5, 5.41) is 13.5. The molecule has 0 unspecified atom stereocenters. The third-order valence-electron chi connectivity index (χ3n) is 5.94. The molecule has 150 valence electrons. The topological polar surface area (TPSA) is 87.9 Å². The van der Waals surface area contributed by atoms with Crippen LogP contribution in [0.15, 0.2) is 42.6 Å². The predicted octanol–water partition coefficient (Wildman–Crippen LogP) is 3.75. The Hall–Kier alpha value is -3.30. The molecule has 2 aliphatic rings. The van der Waals surface area contributed by atoms with Crippen LogP contribution in [0, 0.1) is 11.3 Å². The molecule has 0 spiro atoms. The first-order valence-corrected chi connectivity index (χ1v) is 10.2. The SMILES string of the molecule is C[C@@]1(C#N)COCc2ccc(C(=O)NCc3cc4nc(C5CC5)ccc4cn3)cc21. The van der Waals surface area contributed by atoms with Crippen molar-refractivity contribution in [1.82, 2.24) is 15.3 Å². The fourth-order valence-corrected chi connectivity index (χ4v) is 3.94. The third kappa shape index (κ3) is 3.42. The van der Waals surface area contributed by atoms with Crippen LogP contribution in [0.4, 0.5) is 0 Å². The molecule has 5 rings (SSSR count). The van der Waals surface area contributed by atoms with Gasteiger partial charge < -0.3 is 10.1 Å². The van der Waals surface area contributed by atoms with Gasteiger partial charge in [-0.25, -0.2) is 0 Å². The number of nitrogens with zero attached hydrogens (tertiary/aromatic N) is 3. The van der Waals surface area contributed by atoms with Crippen molar-refractivity contribution >= 4 is 16.8 Å². The number of rotatable bonds is 4. The molecule has 3 heterocycles. The second-order valence-electron chi connectivity index (χ2n) is 8.37. The maximum atomic E-state index is 12.7. The molecule has 1 aliphatic heterocycles. The summed E-state index contributed by atoms with van der Waals surface area (Å²) in [7, 11) is 0. The number of benzene rings is 1. The minimum Gasteiger partial charge on any atom is -0.375 e. The Morgan fingerprint density at radius 1 is 1.30 bits per heavy atom. The van der Waals surface area contributed by atoms with E-state index < -0.39 is 5.41 Å². The van der Waals surface area contributed by atoms with Crippen LogP contribution in [0.3, 0.4) is 0 Å². The van der Waals surface area contributed by atoms with Crippen LogP contribution in [-0.2, 0) is 23.3 Å². The van der Waals surface area contributed by atoms with Gasteiger partial charge in [-0.2, -0.15) is 5.26 Å². The Bertz CT molecular complexity index is 1200. The summed E-state index contributed by atoms with van der Waals surface area (Å²) < 4.78 is 5.53. The molecule has 6 heteroatoms. The highest BCUT2D eigenvalue weighted by Crippen LogP contribution is 2.39. The fourth-order valence-electron chi connectivity index (χ4n) is 3.94. The first-order chi connectivity index (χ1) is 14.6. The van der Waals surface area contributed by atoms with Crippen LogP contribution in [0.25, 0.3) is 10.9 Å². The zero-order valence-electron chi connectivity index (χ0n) is 16.8. The third-order valence-corrected chi connectivity index (χ3v) is 5.94. The lowest BCUT2D eigenvalue weighted by atomic mass is 9.79. The van der Waals surface area contributed by atoms with Gasteiger partial charge in [0.05, 0.1) is 37.0 Å². The summed E-state index contributed by atoms with van der Waals surface area (Å²) in [6.45, 7) is 2.96. The van der Waals surface area contributed by atoms with E-state index in [4.69, 9.17) is 9.72 Å². The zero-order valence-corrected chi connectivity index (χ0v) is 16.8. The van der Waals surface area contributed by atoms with E-state index in [1.807, 2.05) is 25.1 Å². The monoisotopic (exact) mass is 398 g/mol. The highest BCUT2D eigenvalue weighted by Gasteiger charge is 2.33. The van der Waals surface area contributed by atoms with Crippen molar-refractivity contribution in [2.75, 3.05) is 6.61 Å². The molecular formula is C24H22N4O2. The molecule has 0 bridgehead atoms. The minimum absolute atomic E-state index is 0.189. The van der Waals surface area contributed by atoms with Gasteiger partial charge in [0, 0.05) is 28.8 Å². The number of carbonyl (C=O) groups excluding carboxylic acids is 1. The molecule has 3 aromatic rings. The van der Waals surface area contributed by atoms with Gasteiger partial charge in [-0.15, -0.1) is 0 Å². The predicted molar refractivity (Wildman–Crippen MR) is 112 cm³/mol. The van der Waals surface area contributed by atoms with Gasteiger partial charge in [-0.05, 0) is 61.2 Å². The van der Waals surface area contributed by atoms with Crippen LogP contribution >= 0.6 is 0 Å². The highest BCUT2D eigenvalue weighted by atomic mass is 16.5. The molecule has 6 nitrogen and oxygen atoms in total. The normalized spacial score (nSPS) is 20.4. The lowest BCUT2D eigenvalue weighted by molar-refractivity contribution is 0.0757. The highest BCUT2D eigenvalue weighted by molar-refractivity contribution is 5.94. The number of ether oxygens (including phenoxy) is 1. The summed E-state index contributed by atoms with van der Waals surface area (Å²) in [5.74, 6) is 0.408. The molecule has 0 saturated heterocycles. The van der Waals surface area contributed by atoms with E-state index in [1.165, 1.54) is 12.8 Å². The first kappa shape index (κ1) is 18.7. The molecule has 1 aliphatic carbocycles. The Morgan fingerprint density at radius 3 is 2.97 bits per heavy atom. The number of carbonyl (C=O) groups is 1. The Balaban J connectivity index is 1.34. The van der Waals surface area contributed by atoms with E-state index in [-0.39, 0.29) is 5.91 Å². The molecule has 1 fully saturated rings. The summed E-state index contributed by atoms with van der Waals surface area (Å²) >= 11 is 0. The average Bonchev–Trinajstić information content (AvgIpc) is 3.62. The van der Waals surface area contributed by atoms with Gasteiger partial charge in [0.2, 0.25) is 0 Å². The number of aromatic nitrogens is 2. The smallest absolute Gasteiger partial charge is 0.251 e. The number of nitrogens with one attached hydrogen (secondary N) is 1. The molecule has 1 N–H and O–H groups in total. The van der Waals surface area contributed by atoms with Gasteiger partial charge in [0.1, 0.15) is 5.41 Å².